The molecule has 1 saturated carbocycles. The van der Waals surface area contributed by atoms with Gasteiger partial charge >= 0.3 is 0 Å². The lowest BCUT2D eigenvalue weighted by molar-refractivity contribution is 0.0950. The molecule has 0 atom stereocenters. The Labute approximate surface area is 141 Å². The summed E-state index contributed by atoms with van der Waals surface area (Å²) in [5.74, 6) is 1.52. The number of benzene rings is 1. The van der Waals surface area contributed by atoms with Crippen LogP contribution in [-0.2, 0) is 6.54 Å². The van der Waals surface area contributed by atoms with E-state index in [2.05, 4.69) is 20.4 Å². The molecule has 0 bridgehead atoms. The molecule has 0 spiro atoms. The van der Waals surface area contributed by atoms with E-state index in [-0.39, 0.29) is 5.91 Å². The number of hydrogen-bond acceptors (Lipinski definition) is 7. The second-order valence-electron chi connectivity index (χ2n) is 5.67. The van der Waals surface area contributed by atoms with Gasteiger partial charge in [-0.3, -0.25) is 4.79 Å². The Morgan fingerprint density at radius 1 is 1.29 bits per heavy atom. The van der Waals surface area contributed by atoms with Crippen LogP contribution in [0.25, 0.3) is 11.4 Å². The van der Waals surface area contributed by atoms with E-state index in [1.165, 1.54) is 11.3 Å². The van der Waals surface area contributed by atoms with Crippen LogP contribution in [0.5, 0.6) is 0 Å². The number of nitrogens with one attached hydrogen (secondary N) is 1. The predicted molar refractivity (Wildman–Crippen MR) is 89.4 cm³/mol. The highest BCUT2D eigenvalue weighted by atomic mass is 32.1. The highest BCUT2D eigenvalue weighted by Crippen LogP contribution is 2.39. The fraction of sp³-hybridized carbons (Fsp3) is 0.250. The molecule has 7 nitrogen and oxygen atoms in total. The van der Waals surface area contributed by atoms with E-state index in [1.807, 2.05) is 17.5 Å². The molecule has 0 unspecified atom stereocenters. The van der Waals surface area contributed by atoms with Gasteiger partial charge in [-0.2, -0.15) is 4.98 Å². The van der Waals surface area contributed by atoms with Crippen LogP contribution in [0.4, 0.5) is 5.13 Å². The van der Waals surface area contributed by atoms with E-state index in [4.69, 9.17) is 10.3 Å². The van der Waals surface area contributed by atoms with Crippen molar-refractivity contribution in [1.82, 2.24) is 20.4 Å². The Hall–Kier alpha value is -2.74. The molecule has 1 amide bonds. The smallest absolute Gasteiger partial charge is 0.251 e. The summed E-state index contributed by atoms with van der Waals surface area (Å²) in [6, 6.07) is 7.12. The summed E-state index contributed by atoms with van der Waals surface area (Å²) >= 11 is 1.35. The molecule has 122 valence electrons. The molecule has 0 aliphatic heterocycles. The van der Waals surface area contributed by atoms with Crippen molar-refractivity contribution in [3.63, 3.8) is 0 Å². The van der Waals surface area contributed by atoms with Crippen molar-refractivity contribution in [3.8, 4) is 11.4 Å². The van der Waals surface area contributed by atoms with Crippen molar-refractivity contribution in [2.45, 2.75) is 25.3 Å². The van der Waals surface area contributed by atoms with Gasteiger partial charge in [-0.25, -0.2) is 4.98 Å². The molecule has 8 heteroatoms. The standard InChI is InChI=1S/C16H15N5O2S/c17-16-19-12(8-24-16)7-18-14(22)10-3-1-9(2-4-10)13-20-15(23-21-13)11-5-6-11/h1-4,8,11H,5-7H2,(H2,17,19)(H,18,22). The van der Waals surface area contributed by atoms with Gasteiger partial charge in [0.1, 0.15) is 0 Å². The van der Waals surface area contributed by atoms with Crippen molar-refractivity contribution in [3.05, 3.63) is 46.8 Å². The first-order valence-corrected chi connectivity index (χ1v) is 8.49. The summed E-state index contributed by atoms with van der Waals surface area (Å²) in [4.78, 5) is 20.7. The SMILES string of the molecule is Nc1nc(CNC(=O)c2ccc(-c3noc(C4CC4)n3)cc2)cs1. The average molecular weight is 341 g/mol. The lowest BCUT2D eigenvalue weighted by Crippen LogP contribution is -2.22. The van der Waals surface area contributed by atoms with Gasteiger partial charge in [0.25, 0.3) is 5.91 Å². The molecule has 3 aromatic rings. The van der Waals surface area contributed by atoms with Gasteiger partial charge in [0, 0.05) is 22.4 Å². The maximum Gasteiger partial charge on any atom is 0.251 e. The van der Waals surface area contributed by atoms with E-state index in [0.717, 1.165) is 24.1 Å². The van der Waals surface area contributed by atoms with E-state index in [9.17, 15) is 4.79 Å². The van der Waals surface area contributed by atoms with Crippen molar-refractivity contribution in [2.75, 3.05) is 5.73 Å². The van der Waals surface area contributed by atoms with Gasteiger partial charge < -0.3 is 15.6 Å². The zero-order chi connectivity index (χ0) is 16.5. The molecule has 1 aliphatic rings. The number of aromatic nitrogens is 3. The second kappa shape index (κ2) is 6.04. The number of thiazole rings is 1. The molecule has 4 rings (SSSR count). The number of hydrogen-bond donors (Lipinski definition) is 2. The second-order valence-corrected chi connectivity index (χ2v) is 6.56. The number of nitrogens with zero attached hydrogens (tertiary/aromatic N) is 3. The van der Waals surface area contributed by atoms with Gasteiger partial charge in [-0.1, -0.05) is 17.3 Å². The number of carbonyl (C=O) groups excluding carboxylic acids is 1. The van der Waals surface area contributed by atoms with Crippen LogP contribution in [-0.4, -0.2) is 21.0 Å². The molecule has 1 aromatic carbocycles. The minimum atomic E-state index is -0.167. The van der Waals surface area contributed by atoms with E-state index >= 15 is 0 Å². The molecular weight excluding hydrogens is 326 g/mol. The normalized spacial score (nSPS) is 13.8. The van der Waals surface area contributed by atoms with Crippen molar-refractivity contribution in [2.24, 2.45) is 0 Å². The lowest BCUT2D eigenvalue weighted by Gasteiger charge is -2.03. The largest absolute Gasteiger partial charge is 0.375 e. The number of anilines is 1. The summed E-state index contributed by atoms with van der Waals surface area (Å²) in [6.45, 7) is 0.351. The topological polar surface area (TPSA) is 107 Å². The van der Waals surface area contributed by atoms with Crippen LogP contribution in [0.3, 0.4) is 0 Å². The number of rotatable bonds is 5. The molecular formula is C16H15N5O2S. The maximum atomic E-state index is 12.2. The molecule has 0 radical (unpaired) electrons. The quantitative estimate of drug-likeness (QED) is 0.738. The Bertz CT molecular complexity index is 867. The third-order valence-electron chi connectivity index (χ3n) is 3.77. The van der Waals surface area contributed by atoms with Crippen LogP contribution in [0.1, 0.15) is 40.7 Å². The highest BCUT2D eigenvalue weighted by molar-refractivity contribution is 7.13. The lowest BCUT2D eigenvalue weighted by atomic mass is 10.1. The van der Waals surface area contributed by atoms with E-state index < -0.39 is 0 Å². The van der Waals surface area contributed by atoms with Crippen LogP contribution in [0.2, 0.25) is 0 Å². The first-order chi connectivity index (χ1) is 11.7. The molecule has 3 N–H and O–H groups in total. The van der Waals surface area contributed by atoms with Crippen LogP contribution >= 0.6 is 11.3 Å². The van der Waals surface area contributed by atoms with Gasteiger partial charge in [-0.15, -0.1) is 11.3 Å². The minimum Gasteiger partial charge on any atom is -0.375 e. The monoisotopic (exact) mass is 341 g/mol. The molecule has 1 fully saturated rings. The minimum absolute atomic E-state index is 0.167. The molecule has 1 aliphatic carbocycles. The van der Waals surface area contributed by atoms with Gasteiger partial charge in [-0.05, 0) is 25.0 Å². The van der Waals surface area contributed by atoms with Crippen molar-refractivity contribution in [1.29, 1.82) is 0 Å². The molecule has 2 aromatic heterocycles. The van der Waals surface area contributed by atoms with Gasteiger partial charge in [0.15, 0.2) is 5.13 Å². The van der Waals surface area contributed by atoms with Crippen molar-refractivity contribution >= 4 is 22.4 Å². The van der Waals surface area contributed by atoms with E-state index in [0.29, 0.717) is 34.9 Å². The molecule has 0 saturated heterocycles. The van der Waals surface area contributed by atoms with Gasteiger partial charge in [0.05, 0.1) is 12.2 Å². The highest BCUT2D eigenvalue weighted by Gasteiger charge is 2.29. The maximum absolute atomic E-state index is 12.2. The zero-order valence-electron chi connectivity index (χ0n) is 12.7. The number of nitrogen functional groups attached to an aromatic ring is 1. The summed E-state index contributed by atoms with van der Waals surface area (Å²) in [7, 11) is 0. The fourth-order valence-electron chi connectivity index (χ4n) is 2.30. The average Bonchev–Trinajstić information content (AvgIpc) is 3.18. The van der Waals surface area contributed by atoms with Crippen LogP contribution in [0, 0.1) is 0 Å². The van der Waals surface area contributed by atoms with Crippen LogP contribution in [0.15, 0.2) is 34.2 Å². The summed E-state index contributed by atoms with van der Waals surface area (Å²) in [5, 5.41) is 9.13. The first-order valence-electron chi connectivity index (χ1n) is 7.61. The van der Waals surface area contributed by atoms with Gasteiger partial charge in [0.2, 0.25) is 11.7 Å². The molecule has 2 heterocycles. The third-order valence-corrected chi connectivity index (χ3v) is 4.50. The summed E-state index contributed by atoms with van der Waals surface area (Å²) in [5.41, 5.74) is 7.71. The Balaban J connectivity index is 1.41. The van der Waals surface area contributed by atoms with E-state index in [1.54, 1.807) is 12.1 Å². The Kier molecular flexibility index (Phi) is 3.73. The molecule has 24 heavy (non-hydrogen) atoms. The fourth-order valence-corrected chi connectivity index (χ4v) is 2.86. The summed E-state index contributed by atoms with van der Waals surface area (Å²) in [6.07, 6.45) is 2.23. The Morgan fingerprint density at radius 2 is 2.08 bits per heavy atom. The summed E-state index contributed by atoms with van der Waals surface area (Å²) < 4.78 is 5.25. The predicted octanol–water partition coefficient (Wildman–Crippen LogP) is 2.58. The number of carbonyl (C=O) groups is 1. The van der Waals surface area contributed by atoms with Crippen molar-refractivity contribution < 1.29 is 9.32 Å². The first kappa shape index (κ1) is 14.8. The third kappa shape index (κ3) is 3.13. The van der Waals surface area contributed by atoms with Crippen LogP contribution < -0.4 is 11.1 Å². The Morgan fingerprint density at radius 3 is 2.75 bits per heavy atom. The number of amides is 1. The zero-order valence-corrected chi connectivity index (χ0v) is 13.5. The number of nitrogens with two attached hydrogens (primary N) is 1.